The van der Waals surface area contributed by atoms with E-state index in [0.29, 0.717) is 19.4 Å². The molecular weight excluding hydrogens is 244 g/mol. The van der Waals surface area contributed by atoms with Crippen molar-refractivity contribution in [2.75, 3.05) is 18.6 Å². The van der Waals surface area contributed by atoms with Crippen molar-refractivity contribution < 1.29 is 23.1 Å². The summed E-state index contributed by atoms with van der Waals surface area (Å²) in [5.74, 6) is -3.27. The number of rotatable bonds is 2. The van der Waals surface area contributed by atoms with Crippen LogP contribution in [0.4, 0.5) is 14.5 Å². The summed E-state index contributed by atoms with van der Waals surface area (Å²) in [5, 5.41) is 0. The SMILES string of the molecule is COC(=O)c1cc(F)c(F)cc1N1CCCC1=O. The number of amides is 1. The van der Waals surface area contributed by atoms with Gasteiger partial charge >= 0.3 is 5.97 Å². The summed E-state index contributed by atoms with van der Waals surface area (Å²) in [7, 11) is 1.14. The highest BCUT2D eigenvalue weighted by Gasteiger charge is 2.27. The Morgan fingerprint density at radius 2 is 2.00 bits per heavy atom. The minimum atomic E-state index is -1.15. The van der Waals surface area contributed by atoms with Crippen molar-refractivity contribution in [3.05, 3.63) is 29.3 Å². The Morgan fingerprint density at radius 3 is 2.56 bits per heavy atom. The van der Waals surface area contributed by atoms with E-state index in [1.165, 1.54) is 4.90 Å². The van der Waals surface area contributed by atoms with Crippen LogP contribution in [0.15, 0.2) is 12.1 Å². The molecule has 4 nitrogen and oxygen atoms in total. The van der Waals surface area contributed by atoms with E-state index in [0.717, 1.165) is 19.2 Å². The second kappa shape index (κ2) is 4.72. The minimum absolute atomic E-state index is 0.0586. The number of carbonyl (C=O) groups is 2. The van der Waals surface area contributed by atoms with Gasteiger partial charge in [0.25, 0.3) is 0 Å². The first-order valence-electron chi connectivity index (χ1n) is 5.42. The van der Waals surface area contributed by atoms with E-state index in [4.69, 9.17) is 0 Å². The van der Waals surface area contributed by atoms with Gasteiger partial charge in [-0.25, -0.2) is 13.6 Å². The van der Waals surface area contributed by atoms with Crippen LogP contribution < -0.4 is 4.90 Å². The Kier molecular flexibility index (Phi) is 3.27. The summed E-state index contributed by atoms with van der Waals surface area (Å²) in [6.07, 6.45) is 0.956. The number of hydrogen-bond acceptors (Lipinski definition) is 3. The molecule has 0 bridgehead atoms. The van der Waals surface area contributed by atoms with Crippen LogP contribution in [-0.2, 0) is 9.53 Å². The molecule has 1 aliphatic rings. The number of carbonyl (C=O) groups excluding carboxylic acids is 2. The van der Waals surface area contributed by atoms with E-state index in [2.05, 4.69) is 4.74 Å². The zero-order chi connectivity index (χ0) is 13.3. The lowest BCUT2D eigenvalue weighted by molar-refractivity contribution is -0.117. The van der Waals surface area contributed by atoms with Gasteiger partial charge in [0.15, 0.2) is 11.6 Å². The molecule has 6 heteroatoms. The number of halogens is 2. The van der Waals surface area contributed by atoms with Crippen LogP contribution in [-0.4, -0.2) is 25.5 Å². The molecule has 2 rings (SSSR count). The zero-order valence-corrected chi connectivity index (χ0v) is 9.70. The molecule has 1 heterocycles. The summed E-state index contributed by atoms with van der Waals surface area (Å²) in [5.41, 5.74) is -0.0881. The van der Waals surface area contributed by atoms with Crippen LogP contribution in [0.5, 0.6) is 0 Å². The van der Waals surface area contributed by atoms with E-state index in [1.54, 1.807) is 0 Å². The highest BCUT2D eigenvalue weighted by molar-refractivity contribution is 6.03. The Hall–Kier alpha value is -1.98. The molecule has 96 valence electrons. The predicted octanol–water partition coefficient (Wildman–Crippen LogP) is 1.88. The average molecular weight is 255 g/mol. The van der Waals surface area contributed by atoms with E-state index in [9.17, 15) is 18.4 Å². The maximum atomic E-state index is 13.2. The number of hydrogen-bond donors (Lipinski definition) is 0. The molecular formula is C12H11F2NO3. The zero-order valence-electron chi connectivity index (χ0n) is 9.70. The van der Waals surface area contributed by atoms with Gasteiger partial charge < -0.3 is 9.64 Å². The molecule has 1 aromatic rings. The molecule has 1 aromatic carbocycles. The number of nitrogens with zero attached hydrogens (tertiary/aromatic N) is 1. The van der Waals surface area contributed by atoms with E-state index < -0.39 is 17.6 Å². The molecule has 0 aromatic heterocycles. The van der Waals surface area contributed by atoms with Gasteiger partial charge in [-0.2, -0.15) is 0 Å². The monoisotopic (exact) mass is 255 g/mol. The van der Waals surface area contributed by atoms with Gasteiger partial charge in [0.1, 0.15) is 0 Å². The third kappa shape index (κ3) is 2.05. The highest BCUT2D eigenvalue weighted by Crippen LogP contribution is 2.28. The predicted molar refractivity (Wildman–Crippen MR) is 59.3 cm³/mol. The first-order valence-corrected chi connectivity index (χ1v) is 5.42. The number of methoxy groups -OCH3 is 1. The molecule has 0 aliphatic carbocycles. The van der Waals surface area contributed by atoms with Gasteiger partial charge in [-0.05, 0) is 12.5 Å². The molecule has 1 saturated heterocycles. The number of benzene rings is 1. The summed E-state index contributed by atoms with van der Waals surface area (Å²) in [6.45, 7) is 0.383. The van der Waals surface area contributed by atoms with Crippen LogP contribution in [0, 0.1) is 11.6 Å². The topological polar surface area (TPSA) is 46.6 Å². The van der Waals surface area contributed by atoms with E-state index in [-0.39, 0.29) is 17.2 Å². The average Bonchev–Trinajstić information content (AvgIpc) is 2.77. The molecule has 18 heavy (non-hydrogen) atoms. The van der Waals surface area contributed by atoms with Crippen LogP contribution >= 0.6 is 0 Å². The van der Waals surface area contributed by atoms with Crippen molar-refractivity contribution in [2.45, 2.75) is 12.8 Å². The number of anilines is 1. The van der Waals surface area contributed by atoms with Crippen LogP contribution in [0.2, 0.25) is 0 Å². The normalized spacial score (nSPS) is 15.1. The first kappa shape index (κ1) is 12.5. The van der Waals surface area contributed by atoms with Gasteiger partial charge in [-0.1, -0.05) is 0 Å². The molecule has 1 amide bonds. The molecule has 0 atom stereocenters. The summed E-state index contributed by atoms with van der Waals surface area (Å²) >= 11 is 0. The maximum Gasteiger partial charge on any atom is 0.340 e. The van der Waals surface area contributed by atoms with Crippen molar-refractivity contribution in [3.63, 3.8) is 0 Å². The Bertz CT molecular complexity index is 516. The fourth-order valence-corrected chi connectivity index (χ4v) is 1.94. The van der Waals surface area contributed by atoms with Gasteiger partial charge in [0.2, 0.25) is 5.91 Å². The molecule has 0 unspecified atom stereocenters. The van der Waals surface area contributed by atoms with Crippen LogP contribution in [0.3, 0.4) is 0 Å². The Balaban J connectivity index is 2.53. The van der Waals surface area contributed by atoms with Gasteiger partial charge in [-0.3, -0.25) is 4.79 Å². The number of esters is 1. The summed E-state index contributed by atoms with van der Waals surface area (Å²) in [4.78, 5) is 24.4. The van der Waals surface area contributed by atoms with Crippen molar-refractivity contribution in [1.29, 1.82) is 0 Å². The quantitative estimate of drug-likeness (QED) is 0.758. The van der Waals surface area contributed by atoms with Crippen molar-refractivity contribution in [2.24, 2.45) is 0 Å². The lowest BCUT2D eigenvalue weighted by Crippen LogP contribution is -2.26. The largest absolute Gasteiger partial charge is 0.465 e. The lowest BCUT2D eigenvalue weighted by atomic mass is 10.1. The molecule has 1 fully saturated rings. The van der Waals surface area contributed by atoms with Crippen molar-refractivity contribution in [3.8, 4) is 0 Å². The van der Waals surface area contributed by atoms with Crippen molar-refractivity contribution in [1.82, 2.24) is 0 Å². The molecule has 0 saturated carbocycles. The van der Waals surface area contributed by atoms with Gasteiger partial charge in [0, 0.05) is 19.0 Å². The van der Waals surface area contributed by atoms with Gasteiger partial charge in [-0.15, -0.1) is 0 Å². The molecule has 0 radical (unpaired) electrons. The highest BCUT2D eigenvalue weighted by atomic mass is 19.2. The maximum absolute atomic E-state index is 13.2. The third-order valence-corrected chi connectivity index (χ3v) is 2.81. The number of ether oxygens (including phenoxy) is 1. The smallest absolute Gasteiger partial charge is 0.340 e. The van der Waals surface area contributed by atoms with Crippen molar-refractivity contribution >= 4 is 17.6 Å². The minimum Gasteiger partial charge on any atom is -0.465 e. The standard InChI is InChI=1S/C12H11F2NO3/c1-18-12(17)7-5-8(13)9(14)6-10(7)15-4-2-3-11(15)16/h5-6H,2-4H2,1H3. The van der Waals surface area contributed by atoms with Crippen LogP contribution in [0.25, 0.3) is 0 Å². The fourth-order valence-electron chi connectivity index (χ4n) is 1.94. The fraction of sp³-hybridized carbons (Fsp3) is 0.333. The summed E-state index contributed by atoms with van der Waals surface area (Å²) < 4.78 is 30.9. The first-order chi connectivity index (χ1) is 8.54. The second-order valence-corrected chi connectivity index (χ2v) is 3.92. The molecule has 0 N–H and O–H groups in total. The van der Waals surface area contributed by atoms with Crippen LogP contribution in [0.1, 0.15) is 23.2 Å². The Morgan fingerprint density at radius 1 is 1.33 bits per heavy atom. The second-order valence-electron chi connectivity index (χ2n) is 3.92. The van der Waals surface area contributed by atoms with Gasteiger partial charge in [0.05, 0.1) is 18.4 Å². The Labute approximate surface area is 102 Å². The summed E-state index contributed by atoms with van der Waals surface area (Å²) in [6, 6.07) is 1.60. The molecule has 0 spiro atoms. The molecule has 1 aliphatic heterocycles. The van der Waals surface area contributed by atoms with E-state index >= 15 is 0 Å². The lowest BCUT2D eigenvalue weighted by Gasteiger charge is -2.18. The van der Waals surface area contributed by atoms with E-state index in [1.807, 2.05) is 0 Å². The third-order valence-electron chi connectivity index (χ3n) is 2.81.